The normalized spacial score (nSPS) is 12.5. The Morgan fingerprint density at radius 3 is 2.56 bits per heavy atom. The molecule has 0 bridgehead atoms. The monoisotopic (exact) mass is 337 g/mol. The number of hydrogen-bond acceptors (Lipinski definition) is 4. The van der Waals surface area contributed by atoms with Crippen molar-refractivity contribution in [3.63, 3.8) is 0 Å². The predicted molar refractivity (Wildman–Crippen MR) is 75.8 cm³/mol. The molecule has 1 atom stereocenters. The molecule has 3 N–H and O–H groups in total. The topological polar surface area (TPSA) is 72.5 Å². The highest BCUT2D eigenvalue weighted by Gasteiger charge is 2.37. The van der Waals surface area contributed by atoms with Gasteiger partial charge in [0.1, 0.15) is 5.75 Å². The number of hydrogen-bond donors (Lipinski definition) is 2. The van der Waals surface area contributed by atoms with E-state index >= 15 is 0 Å². The number of rotatable bonds is 3. The lowest BCUT2D eigenvalue weighted by Crippen LogP contribution is -2.37. The van der Waals surface area contributed by atoms with Crippen molar-refractivity contribution >= 4 is 34.3 Å². The van der Waals surface area contributed by atoms with E-state index in [1.54, 1.807) is 26.0 Å². The van der Waals surface area contributed by atoms with Gasteiger partial charge in [0.05, 0.1) is 12.5 Å². The fourth-order valence-corrected chi connectivity index (χ4v) is 1.93. The second-order valence-electron chi connectivity index (χ2n) is 4.39. The van der Waals surface area contributed by atoms with Gasteiger partial charge in [0.15, 0.2) is 0 Å². The fraction of sp³-hybridized carbons (Fsp3) is 0.417. The molecule has 0 aliphatic carbocycles. The van der Waals surface area contributed by atoms with Crippen LogP contribution in [-0.4, -0.2) is 18.2 Å². The third-order valence-electron chi connectivity index (χ3n) is 2.81. The predicted octanol–water partition coefficient (Wildman–Crippen LogP) is 2.78. The van der Waals surface area contributed by atoms with Gasteiger partial charge in [0.2, 0.25) is 0 Å². The van der Waals surface area contributed by atoms with Crippen molar-refractivity contribution in [2.24, 2.45) is 11.1 Å². The first-order valence-electron chi connectivity index (χ1n) is 5.13. The first kappa shape index (κ1) is 17.2. The van der Waals surface area contributed by atoms with Gasteiger partial charge in [-0.3, -0.25) is 4.79 Å². The van der Waals surface area contributed by atoms with Gasteiger partial charge in [-0.05, 0) is 32.0 Å². The first-order chi connectivity index (χ1) is 7.80. The van der Waals surface area contributed by atoms with Gasteiger partial charge >= 0.3 is 5.97 Å². The largest absolute Gasteiger partial charge is 0.508 e. The van der Waals surface area contributed by atoms with Gasteiger partial charge in [-0.15, -0.1) is 12.4 Å². The number of nitrogens with two attached hydrogens (primary N) is 1. The summed E-state index contributed by atoms with van der Waals surface area (Å²) in [5, 5.41) is 9.77. The van der Waals surface area contributed by atoms with E-state index in [1.165, 1.54) is 13.2 Å². The number of phenolic OH excluding ortho intramolecular Hbond substituents is 1. The van der Waals surface area contributed by atoms with Crippen LogP contribution in [0.15, 0.2) is 22.7 Å². The second-order valence-corrected chi connectivity index (χ2v) is 5.31. The van der Waals surface area contributed by atoms with Gasteiger partial charge in [0, 0.05) is 16.1 Å². The molecule has 1 aromatic rings. The van der Waals surface area contributed by atoms with Crippen LogP contribution in [0.5, 0.6) is 5.75 Å². The molecule has 102 valence electrons. The van der Waals surface area contributed by atoms with Gasteiger partial charge in [-0.1, -0.05) is 15.9 Å². The molecule has 6 heteroatoms. The zero-order valence-electron chi connectivity index (χ0n) is 10.4. The maximum atomic E-state index is 11.6. The molecule has 0 aliphatic rings. The molecule has 1 rings (SSSR count). The van der Waals surface area contributed by atoms with Crippen molar-refractivity contribution in [2.75, 3.05) is 7.11 Å². The van der Waals surface area contributed by atoms with Gasteiger partial charge in [-0.2, -0.15) is 0 Å². The highest BCUT2D eigenvalue weighted by molar-refractivity contribution is 9.10. The number of aromatic hydroxyl groups is 1. The molecule has 0 amide bonds. The van der Waals surface area contributed by atoms with Crippen molar-refractivity contribution in [3.8, 4) is 5.75 Å². The smallest absolute Gasteiger partial charge is 0.313 e. The average molecular weight is 339 g/mol. The van der Waals surface area contributed by atoms with Gasteiger partial charge in [0.25, 0.3) is 0 Å². The number of carbonyl (C=O) groups is 1. The molecule has 0 saturated carbocycles. The van der Waals surface area contributed by atoms with E-state index in [4.69, 9.17) is 10.5 Å². The van der Waals surface area contributed by atoms with Gasteiger partial charge in [-0.25, -0.2) is 0 Å². The lowest BCUT2D eigenvalue weighted by Gasteiger charge is -2.29. The maximum Gasteiger partial charge on any atom is 0.313 e. The van der Waals surface area contributed by atoms with Crippen molar-refractivity contribution in [2.45, 2.75) is 19.9 Å². The van der Waals surface area contributed by atoms with Crippen molar-refractivity contribution < 1.29 is 14.6 Å². The summed E-state index contributed by atoms with van der Waals surface area (Å²) in [5.74, 6) is -0.345. The zero-order chi connectivity index (χ0) is 13.2. The summed E-state index contributed by atoms with van der Waals surface area (Å²) in [6.45, 7) is 3.37. The summed E-state index contributed by atoms with van der Waals surface area (Å²) in [6.07, 6.45) is 0. The van der Waals surface area contributed by atoms with E-state index in [1.807, 2.05) is 0 Å². The number of benzene rings is 1. The fourth-order valence-electron chi connectivity index (χ4n) is 1.55. The second kappa shape index (κ2) is 6.41. The molecule has 1 aromatic carbocycles. The Labute approximate surface area is 121 Å². The molecule has 0 heterocycles. The van der Waals surface area contributed by atoms with E-state index < -0.39 is 17.4 Å². The summed E-state index contributed by atoms with van der Waals surface area (Å²) >= 11 is 3.30. The Hall–Kier alpha value is -0.780. The molecule has 0 aromatic heterocycles. The minimum absolute atomic E-state index is 0. The number of carbonyl (C=O) groups excluding carboxylic acids is 1. The van der Waals surface area contributed by atoms with E-state index in [0.717, 1.165) is 4.47 Å². The molecule has 0 radical (unpaired) electrons. The molecule has 0 spiro atoms. The van der Waals surface area contributed by atoms with Gasteiger partial charge < -0.3 is 15.6 Å². The maximum absolute atomic E-state index is 11.6. The summed E-state index contributed by atoms with van der Waals surface area (Å²) < 4.78 is 5.51. The molecule has 4 nitrogen and oxygen atoms in total. The molecule has 18 heavy (non-hydrogen) atoms. The molecule has 0 unspecified atom stereocenters. The highest BCUT2D eigenvalue weighted by atomic mass is 79.9. The Balaban J connectivity index is 0.00000289. The van der Waals surface area contributed by atoms with E-state index in [-0.39, 0.29) is 18.2 Å². The zero-order valence-corrected chi connectivity index (χ0v) is 12.8. The SMILES string of the molecule is COC(=O)C(C)(C)[C@@H](N)c1cc(Br)ccc1O.Cl. The number of phenols is 1. The molecule has 0 aliphatic heterocycles. The summed E-state index contributed by atoms with van der Waals surface area (Å²) in [4.78, 5) is 11.6. The highest BCUT2D eigenvalue weighted by Crippen LogP contribution is 2.37. The van der Waals surface area contributed by atoms with Crippen LogP contribution in [0, 0.1) is 5.41 Å². The van der Waals surface area contributed by atoms with Crippen molar-refractivity contribution in [3.05, 3.63) is 28.2 Å². The summed E-state index contributed by atoms with van der Waals surface area (Å²) in [6, 6.07) is 4.29. The molecule has 0 fully saturated rings. The lowest BCUT2D eigenvalue weighted by molar-refractivity contribution is -0.152. The Morgan fingerprint density at radius 2 is 2.06 bits per heavy atom. The molecular formula is C12H17BrClNO3. The van der Waals surface area contributed by atoms with Crippen LogP contribution < -0.4 is 5.73 Å². The van der Waals surface area contributed by atoms with E-state index in [0.29, 0.717) is 5.56 Å². The molecular weight excluding hydrogens is 321 g/mol. The lowest BCUT2D eigenvalue weighted by atomic mass is 9.81. The number of ether oxygens (including phenoxy) is 1. The van der Waals surface area contributed by atoms with E-state index in [9.17, 15) is 9.90 Å². The summed E-state index contributed by atoms with van der Waals surface area (Å²) in [7, 11) is 1.32. The first-order valence-corrected chi connectivity index (χ1v) is 5.92. The van der Waals surface area contributed by atoms with Crippen LogP contribution in [-0.2, 0) is 9.53 Å². The minimum atomic E-state index is -0.910. The Kier molecular flexibility index (Phi) is 6.13. The third-order valence-corrected chi connectivity index (χ3v) is 3.31. The molecule has 0 saturated heterocycles. The quantitative estimate of drug-likeness (QED) is 0.831. The van der Waals surface area contributed by atoms with Crippen LogP contribution in [0.4, 0.5) is 0 Å². The standard InChI is InChI=1S/C12H16BrNO3.ClH/c1-12(2,11(16)17-3)10(14)8-6-7(13)4-5-9(8)15;/h4-6,10,15H,14H2,1-3H3;1H/t10-;/m0./s1. The minimum Gasteiger partial charge on any atom is -0.508 e. The average Bonchev–Trinajstić information content (AvgIpc) is 2.30. The van der Waals surface area contributed by atoms with Crippen LogP contribution in [0.3, 0.4) is 0 Å². The number of esters is 1. The Morgan fingerprint density at radius 1 is 1.50 bits per heavy atom. The van der Waals surface area contributed by atoms with Crippen molar-refractivity contribution in [1.29, 1.82) is 0 Å². The third kappa shape index (κ3) is 3.37. The number of methoxy groups -OCH3 is 1. The van der Waals surface area contributed by atoms with E-state index in [2.05, 4.69) is 15.9 Å². The summed E-state index contributed by atoms with van der Waals surface area (Å²) in [5.41, 5.74) is 5.64. The van der Waals surface area contributed by atoms with Crippen LogP contribution in [0.2, 0.25) is 0 Å². The number of halogens is 2. The van der Waals surface area contributed by atoms with Crippen LogP contribution in [0.25, 0.3) is 0 Å². The van der Waals surface area contributed by atoms with Crippen molar-refractivity contribution in [1.82, 2.24) is 0 Å². The van der Waals surface area contributed by atoms with Crippen LogP contribution >= 0.6 is 28.3 Å². The Bertz CT molecular complexity index is 437. The van der Waals surface area contributed by atoms with Crippen LogP contribution in [0.1, 0.15) is 25.5 Å².